The van der Waals surface area contributed by atoms with E-state index in [-0.39, 0.29) is 23.8 Å². The molecule has 30 heavy (non-hydrogen) atoms. The Bertz CT molecular complexity index is 961. The minimum atomic E-state index is -0.0895. The fourth-order valence-corrected chi connectivity index (χ4v) is 4.02. The summed E-state index contributed by atoms with van der Waals surface area (Å²) in [5, 5.41) is 2.93. The molecule has 2 saturated heterocycles. The van der Waals surface area contributed by atoms with Gasteiger partial charge >= 0.3 is 0 Å². The second-order valence-corrected chi connectivity index (χ2v) is 7.51. The number of hydrogen-bond acceptors (Lipinski definition) is 6. The van der Waals surface area contributed by atoms with E-state index in [9.17, 15) is 9.59 Å². The zero-order valence-electron chi connectivity index (χ0n) is 17.0. The SMILES string of the molecule is COc1cc(CN)ccc1Oc1ccc(C(=O)N2CC3CC(=O)NC3C2)cc1OC. The minimum Gasteiger partial charge on any atom is -0.493 e. The molecule has 0 spiro atoms. The average Bonchev–Trinajstić information content (AvgIpc) is 3.31. The van der Waals surface area contributed by atoms with E-state index in [1.165, 1.54) is 7.11 Å². The number of carbonyl (C=O) groups excluding carboxylic acids is 2. The number of rotatable bonds is 6. The Balaban J connectivity index is 1.52. The van der Waals surface area contributed by atoms with Crippen LogP contribution in [0.3, 0.4) is 0 Å². The van der Waals surface area contributed by atoms with Gasteiger partial charge in [0.05, 0.1) is 20.3 Å². The van der Waals surface area contributed by atoms with E-state index >= 15 is 0 Å². The summed E-state index contributed by atoms with van der Waals surface area (Å²) in [4.78, 5) is 26.2. The van der Waals surface area contributed by atoms with Crippen LogP contribution in [0, 0.1) is 5.92 Å². The number of nitrogens with one attached hydrogen (secondary N) is 1. The van der Waals surface area contributed by atoms with E-state index in [1.54, 1.807) is 36.3 Å². The van der Waals surface area contributed by atoms with Gasteiger partial charge in [0, 0.05) is 37.5 Å². The zero-order valence-corrected chi connectivity index (χ0v) is 17.0. The fraction of sp³-hybridized carbons (Fsp3) is 0.364. The smallest absolute Gasteiger partial charge is 0.254 e. The van der Waals surface area contributed by atoms with Crippen LogP contribution in [-0.4, -0.2) is 50.1 Å². The van der Waals surface area contributed by atoms with Gasteiger partial charge < -0.3 is 30.2 Å². The lowest BCUT2D eigenvalue weighted by atomic mass is 10.1. The van der Waals surface area contributed by atoms with Crippen LogP contribution in [0.15, 0.2) is 36.4 Å². The van der Waals surface area contributed by atoms with Crippen LogP contribution in [0.25, 0.3) is 0 Å². The van der Waals surface area contributed by atoms with Crippen molar-refractivity contribution in [2.45, 2.75) is 19.0 Å². The van der Waals surface area contributed by atoms with Gasteiger partial charge in [-0.3, -0.25) is 9.59 Å². The van der Waals surface area contributed by atoms with Gasteiger partial charge in [0.1, 0.15) is 0 Å². The van der Waals surface area contributed by atoms with Gasteiger partial charge in [-0.05, 0) is 35.9 Å². The quantitative estimate of drug-likeness (QED) is 0.753. The highest BCUT2D eigenvalue weighted by molar-refractivity contribution is 5.95. The molecular weight excluding hydrogens is 386 g/mol. The Labute approximate surface area is 174 Å². The average molecular weight is 411 g/mol. The number of hydrogen-bond donors (Lipinski definition) is 2. The second kappa shape index (κ2) is 8.23. The summed E-state index contributed by atoms with van der Waals surface area (Å²) in [6.45, 7) is 1.51. The first-order valence-corrected chi connectivity index (χ1v) is 9.84. The van der Waals surface area contributed by atoms with Crippen molar-refractivity contribution >= 4 is 11.8 Å². The minimum absolute atomic E-state index is 0.0508. The molecule has 158 valence electrons. The molecule has 0 radical (unpaired) electrons. The number of benzene rings is 2. The Hall–Kier alpha value is -3.26. The molecule has 4 rings (SSSR count). The van der Waals surface area contributed by atoms with Gasteiger partial charge in [-0.15, -0.1) is 0 Å². The molecule has 2 amide bonds. The molecule has 2 aliphatic rings. The number of carbonyl (C=O) groups is 2. The van der Waals surface area contributed by atoms with E-state index in [0.29, 0.717) is 54.6 Å². The van der Waals surface area contributed by atoms with E-state index in [4.69, 9.17) is 19.9 Å². The van der Waals surface area contributed by atoms with Crippen LogP contribution in [-0.2, 0) is 11.3 Å². The Kier molecular flexibility index (Phi) is 5.50. The van der Waals surface area contributed by atoms with Crippen molar-refractivity contribution in [3.63, 3.8) is 0 Å². The Morgan fingerprint density at radius 1 is 1.07 bits per heavy atom. The third kappa shape index (κ3) is 3.78. The molecule has 2 aromatic carbocycles. The largest absolute Gasteiger partial charge is 0.493 e. The van der Waals surface area contributed by atoms with E-state index < -0.39 is 0 Å². The molecule has 0 aliphatic carbocycles. The van der Waals surface area contributed by atoms with Crippen LogP contribution < -0.4 is 25.3 Å². The van der Waals surface area contributed by atoms with Gasteiger partial charge in [0.25, 0.3) is 5.91 Å². The van der Waals surface area contributed by atoms with Crippen molar-refractivity contribution in [3.8, 4) is 23.0 Å². The molecule has 3 N–H and O–H groups in total. The third-order valence-corrected chi connectivity index (χ3v) is 5.62. The highest BCUT2D eigenvalue weighted by atomic mass is 16.5. The lowest BCUT2D eigenvalue weighted by Crippen LogP contribution is -2.35. The normalized spacial score (nSPS) is 20.0. The van der Waals surface area contributed by atoms with Crippen LogP contribution >= 0.6 is 0 Å². The molecule has 0 bridgehead atoms. The number of methoxy groups -OCH3 is 2. The highest BCUT2D eigenvalue weighted by Crippen LogP contribution is 2.38. The summed E-state index contributed by atoms with van der Waals surface area (Å²) < 4.78 is 16.9. The summed E-state index contributed by atoms with van der Waals surface area (Å²) >= 11 is 0. The predicted octanol–water partition coefficient (Wildman–Crippen LogP) is 1.92. The highest BCUT2D eigenvalue weighted by Gasteiger charge is 2.41. The van der Waals surface area contributed by atoms with Crippen molar-refractivity contribution in [1.82, 2.24) is 10.2 Å². The van der Waals surface area contributed by atoms with E-state index in [0.717, 1.165) is 5.56 Å². The van der Waals surface area contributed by atoms with Gasteiger partial charge in [-0.1, -0.05) is 6.07 Å². The summed E-state index contributed by atoms with van der Waals surface area (Å²) in [6, 6.07) is 10.6. The molecule has 2 aromatic rings. The summed E-state index contributed by atoms with van der Waals surface area (Å²) in [7, 11) is 3.09. The van der Waals surface area contributed by atoms with Gasteiger partial charge in [-0.2, -0.15) is 0 Å². The first-order valence-electron chi connectivity index (χ1n) is 9.84. The van der Waals surface area contributed by atoms with Crippen molar-refractivity contribution in [3.05, 3.63) is 47.5 Å². The molecular formula is C22H25N3O5. The van der Waals surface area contributed by atoms with Crippen LogP contribution in [0.5, 0.6) is 23.0 Å². The molecule has 0 saturated carbocycles. The van der Waals surface area contributed by atoms with Gasteiger partial charge in [0.15, 0.2) is 23.0 Å². The molecule has 2 heterocycles. The maximum Gasteiger partial charge on any atom is 0.254 e. The standard InChI is InChI=1S/C22H25N3O5/c1-28-19-7-13(10-23)3-5-17(19)30-18-6-4-14(8-20(18)29-2)22(27)25-11-15-9-21(26)24-16(15)12-25/h3-8,15-16H,9-12,23H2,1-2H3,(H,24,26). The predicted molar refractivity (Wildman–Crippen MR) is 110 cm³/mol. The summed E-state index contributed by atoms with van der Waals surface area (Å²) in [6.07, 6.45) is 0.481. The lowest BCUT2D eigenvalue weighted by molar-refractivity contribution is -0.119. The van der Waals surface area contributed by atoms with E-state index in [1.807, 2.05) is 12.1 Å². The van der Waals surface area contributed by atoms with Crippen molar-refractivity contribution in [1.29, 1.82) is 0 Å². The third-order valence-electron chi connectivity index (χ3n) is 5.62. The maximum atomic E-state index is 13.0. The molecule has 2 atom stereocenters. The maximum absolute atomic E-state index is 13.0. The summed E-state index contributed by atoms with van der Waals surface area (Å²) in [5.41, 5.74) is 7.12. The molecule has 2 unspecified atom stereocenters. The fourth-order valence-electron chi connectivity index (χ4n) is 4.02. The molecule has 8 heteroatoms. The number of nitrogens with two attached hydrogens (primary N) is 1. The second-order valence-electron chi connectivity index (χ2n) is 7.51. The number of nitrogens with zero attached hydrogens (tertiary/aromatic N) is 1. The number of ether oxygens (including phenoxy) is 3. The first-order chi connectivity index (χ1) is 14.5. The van der Waals surface area contributed by atoms with Gasteiger partial charge in [-0.25, -0.2) is 0 Å². The monoisotopic (exact) mass is 411 g/mol. The van der Waals surface area contributed by atoms with Crippen LogP contribution in [0.1, 0.15) is 22.3 Å². The van der Waals surface area contributed by atoms with Crippen LogP contribution in [0.2, 0.25) is 0 Å². The topological polar surface area (TPSA) is 103 Å². The van der Waals surface area contributed by atoms with Crippen LogP contribution in [0.4, 0.5) is 0 Å². The molecule has 2 fully saturated rings. The van der Waals surface area contributed by atoms with Gasteiger partial charge in [0.2, 0.25) is 5.91 Å². The molecule has 2 aliphatic heterocycles. The number of fused-ring (bicyclic) bond motifs is 1. The number of likely N-dealkylation sites (tertiary alicyclic amines) is 1. The lowest BCUT2D eigenvalue weighted by Gasteiger charge is -2.19. The first kappa shape index (κ1) is 20.0. The zero-order chi connectivity index (χ0) is 21.3. The number of amides is 2. The molecule has 0 aromatic heterocycles. The van der Waals surface area contributed by atoms with Crippen molar-refractivity contribution in [2.24, 2.45) is 11.7 Å². The molecule has 8 nitrogen and oxygen atoms in total. The summed E-state index contributed by atoms with van der Waals surface area (Å²) in [5.74, 6) is 2.16. The van der Waals surface area contributed by atoms with E-state index in [2.05, 4.69) is 5.32 Å². The van der Waals surface area contributed by atoms with Crippen molar-refractivity contribution < 1.29 is 23.8 Å². The van der Waals surface area contributed by atoms with Crippen molar-refractivity contribution in [2.75, 3.05) is 27.3 Å². The Morgan fingerprint density at radius 3 is 2.43 bits per heavy atom. The Morgan fingerprint density at radius 2 is 1.77 bits per heavy atom.